The minimum Gasteiger partial charge on any atom is -0.466 e. The summed E-state index contributed by atoms with van der Waals surface area (Å²) in [5, 5.41) is 22.1. The maximum Gasteiger partial charge on any atom is 0.302 e. The molecule has 9 atom stereocenters. The number of Topliss-reactive ketones (excluding diaryl/α,β-unsaturated/α-hetero) is 1. The van der Waals surface area contributed by atoms with Crippen LogP contribution < -0.4 is 0 Å². The lowest BCUT2D eigenvalue weighted by molar-refractivity contribution is -0.159. The minimum atomic E-state index is -0.651. The van der Waals surface area contributed by atoms with E-state index in [-0.39, 0.29) is 46.2 Å². The van der Waals surface area contributed by atoms with Gasteiger partial charge in [0.1, 0.15) is 6.61 Å². The molecule has 5 aliphatic rings. The molecule has 1 heterocycles. The van der Waals surface area contributed by atoms with E-state index in [0.29, 0.717) is 31.4 Å². The number of ether oxygens (including phenoxy) is 1. The van der Waals surface area contributed by atoms with Crippen LogP contribution in [0.4, 0.5) is 0 Å². The number of allylic oxidation sites excluding steroid dienone is 4. The van der Waals surface area contributed by atoms with E-state index in [1.165, 1.54) is 12.5 Å². The summed E-state index contributed by atoms with van der Waals surface area (Å²) in [6.45, 7) is 11.3. The largest absolute Gasteiger partial charge is 0.466 e. The molecule has 1 aromatic rings. The van der Waals surface area contributed by atoms with E-state index in [9.17, 15) is 24.6 Å². The van der Waals surface area contributed by atoms with E-state index in [2.05, 4.69) is 54.7 Å². The fourth-order valence-electron chi connectivity index (χ4n) is 10.1. The Morgan fingerprint density at radius 1 is 1.14 bits per heavy atom. The highest BCUT2D eigenvalue weighted by Gasteiger charge is 2.74. The molecule has 4 aliphatic carbocycles. The summed E-state index contributed by atoms with van der Waals surface area (Å²) in [5.74, 6) is 0.616. The number of aliphatic hydroxyl groups excluding tert-OH is 2. The third-order valence-electron chi connectivity index (χ3n) is 11.9. The van der Waals surface area contributed by atoms with Gasteiger partial charge in [-0.15, -0.1) is 0 Å². The van der Waals surface area contributed by atoms with E-state index in [0.717, 1.165) is 31.4 Å². The van der Waals surface area contributed by atoms with Crippen LogP contribution in [0.3, 0.4) is 0 Å². The first kappa shape index (κ1) is 30.8. The number of rotatable bonds is 5. The summed E-state index contributed by atoms with van der Waals surface area (Å²) in [6.07, 6.45) is 8.30. The van der Waals surface area contributed by atoms with Crippen LogP contribution in [-0.4, -0.2) is 64.6 Å². The lowest BCUT2D eigenvalue weighted by Gasteiger charge is -2.60. The highest BCUT2D eigenvalue weighted by atomic mass is 16.5. The molecule has 7 nitrogen and oxygen atoms in total. The van der Waals surface area contributed by atoms with Crippen LogP contribution in [-0.2, 0) is 25.7 Å². The number of fused-ring (bicyclic) bond motifs is 7. The third kappa shape index (κ3) is 4.72. The van der Waals surface area contributed by atoms with Crippen molar-refractivity contribution < 1.29 is 29.3 Å². The van der Waals surface area contributed by atoms with E-state index < -0.39 is 18.1 Å². The zero-order valence-electron chi connectivity index (χ0n) is 25.7. The van der Waals surface area contributed by atoms with Gasteiger partial charge in [0.05, 0.1) is 18.1 Å². The fraction of sp³-hybridized carbons (Fsp3) is 0.629. The number of benzene rings is 1. The van der Waals surface area contributed by atoms with Crippen LogP contribution in [0, 0.1) is 39.9 Å². The van der Waals surface area contributed by atoms with Crippen LogP contribution in [0.2, 0.25) is 0 Å². The van der Waals surface area contributed by atoms with Crippen LogP contribution in [0.5, 0.6) is 0 Å². The summed E-state index contributed by atoms with van der Waals surface area (Å²) in [4.78, 5) is 38.2. The Balaban J connectivity index is 0.000000535. The highest BCUT2D eigenvalue weighted by molar-refractivity contribution is 6.01. The molecule has 3 saturated carbocycles. The van der Waals surface area contributed by atoms with Crippen LogP contribution >= 0.6 is 0 Å². The average Bonchev–Trinajstić information content (AvgIpc) is 3.37. The van der Waals surface area contributed by atoms with Gasteiger partial charge in [0, 0.05) is 37.4 Å². The predicted octanol–water partition coefficient (Wildman–Crippen LogP) is 4.51. The number of ketones is 2. The Labute approximate surface area is 250 Å². The molecule has 4 fully saturated rings. The normalized spacial score (nSPS) is 40.1. The quantitative estimate of drug-likeness (QED) is 0.496. The molecule has 7 heteroatoms. The van der Waals surface area contributed by atoms with Crippen molar-refractivity contribution >= 4 is 17.5 Å². The predicted molar refractivity (Wildman–Crippen MR) is 160 cm³/mol. The molecule has 6 rings (SSSR count). The van der Waals surface area contributed by atoms with Crippen molar-refractivity contribution in [3.05, 3.63) is 59.7 Å². The standard InChI is InChI=1S/C31H39NO4.C4H8O2/c1-19-24-14-25-23-10-9-21-13-22(34)11-12-29(21,2)28(23)26(35)15-30(25,3)31(24,27(36)17-33)18-32(19)16-20-7-5-4-6-8-20;1-3-6-4(2)5/h4-8,11-13,19,23-26,28,33,35H,9-10,14-18H2,1-3H3;3H2,1-2H3/t19?,23-,24-,25?,26-,28?,29-,30-,31+;/m0./s1. The molecule has 2 N–H and O–H groups in total. The van der Waals surface area contributed by atoms with Gasteiger partial charge in [-0.05, 0) is 80.4 Å². The Bertz CT molecular complexity index is 1270. The van der Waals surface area contributed by atoms with E-state index in [1.54, 1.807) is 19.1 Å². The van der Waals surface area contributed by atoms with Crippen molar-refractivity contribution in [1.82, 2.24) is 4.90 Å². The molecule has 228 valence electrons. The van der Waals surface area contributed by atoms with Gasteiger partial charge in [-0.25, -0.2) is 0 Å². The zero-order valence-corrected chi connectivity index (χ0v) is 25.7. The van der Waals surface area contributed by atoms with Crippen molar-refractivity contribution in [3.8, 4) is 0 Å². The monoisotopic (exact) mass is 577 g/mol. The van der Waals surface area contributed by atoms with Crippen LogP contribution in [0.25, 0.3) is 0 Å². The van der Waals surface area contributed by atoms with Gasteiger partial charge in [-0.1, -0.05) is 55.8 Å². The molecule has 1 saturated heterocycles. The number of esters is 1. The highest BCUT2D eigenvalue weighted by Crippen LogP contribution is 2.73. The number of hydrogen-bond acceptors (Lipinski definition) is 7. The first-order chi connectivity index (χ1) is 19.9. The molecule has 0 spiro atoms. The molecular weight excluding hydrogens is 530 g/mol. The molecule has 0 bridgehead atoms. The molecule has 1 aliphatic heterocycles. The maximum atomic E-state index is 13.8. The molecule has 1 aromatic carbocycles. The molecule has 3 unspecified atom stereocenters. The van der Waals surface area contributed by atoms with Crippen molar-refractivity contribution in [1.29, 1.82) is 0 Å². The SMILES string of the molecule is CC1[C@@H]2CC3[C@@H]4CCC5=CC(=O)C=C[C@]5(C)C4[C@@H](O)C[C@]3(C)[C@]2(C(=O)CO)CN1Cc1ccccc1.CCOC(C)=O. The molecule has 0 amide bonds. The van der Waals surface area contributed by atoms with E-state index >= 15 is 0 Å². The van der Waals surface area contributed by atoms with Crippen molar-refractivity contribution in [2.75, 3.05) is 19.8 Å². The van der Waals surface area contributed by atoms with Gasteiger partial charge >= 0.3 is 5.97 Å². The van der Waals surface area contributed by atoms with Crippen LogP contribution in [0.15, 0.2) is 54.1 Å². The second-order valence-corrected chi connectivity index (χ2v) is 13.7. The van der Waals surface area contributed by atoms with Gasteiger partial charge in [-0.3, -0.25) is 19.3 Å². The fourth-order valence-corrected chi connectivity index (χ4v) is 10.1. The Hall–Kier alpha value is -2.61. The number of aliphatic hydroxyl groups is 2. The third-order valence-corrected chi connectivity index (χ3v) is 11.9. The van der Waals surface area contributed by atoms with Gasteiger partial charge in [0.15, 0.2) is 11.6 Å². The lowest BCUT2D eigenvalue weighted by Crippen LogP contribution is -2.60. The number of nitrogens with zero attached hydrogens (tertiary/aromatic N) is 1. The summed E-state index contributed by atoms with van der Waals surface area (Å²) < 4.78 is 4.40. The summed E-state index contributed by atoms with van der Waals surface area (Å²) in [7, 11) is 0. The number of carbonyl (C=O) groups excluding carboxylic acids is 3. The first-order valence-corrected chi connectivity index (χ1v) is 15.6. The average molecular weight is 578 g/mol. The molecular formula is C35H47NO6. The summed E-state index contributed by atoms with van der Waals surface area (Å²) in [5.41, 5.74) is 1.06. The molecule has 0 aromatic heterocycles. The van der Waals surface area contributed by atoms with Gasteiger partial charge in [0.25, 0.3) is 0 Å². The molecule has 0 radical (unpaired) electrons. The van der Waals surface area contributed by atoms with Crippen LogP contribution in [0.1, 0.15) is 65.9 Å². The van der Waals surface area contributed by atoms with E-state index in [1.807, 2.05) is 12.1 Å². The topological polar surface area (TPSA) is 104 Å². The Kier molecular flexibility index (Phi) is 8.42. The second-order valence-electron chi connectivity index (χ2n) is 13.7. The van der Waals surface area contributed by atoms with Gasteiger partial charge < -0.3 is 14.9 Å². The van der Waals surface area contributed by atoms with Crippen molar-refractivity contribution in [2.45, 2.75) is 79.0 Å². The smallest absolute Gasteiger partial charge is 0.302 e. The maximum absolute atomic E-state index is 13.8. The van der Waals surface area contributed by atoms with Gasteiger partial charge in [0.2, 0.25) is 0 Å². The number of carbonyl (C=O) groups is 3. The minimum absolute atomic E-state index is 0.0451. The molecule has 42 heavy (non-hydrogen) atoms. The zero-order chi connectivity index (χ0) is 30.4. The number of likely N-dealkylation sites (tertiary alicyclic amines) is 1. The van der Waals surface area contributed by atoms with Crippen molar-refractivity contribution in [3.63, 3.8) is 0 Å². The second kappa shape index (κ2) is 11.5. The lowest BCUT2D eigenvalue weighted by atomic mass is 9.44. The van der Waals surface area contributed by atoms with E-state index in [4.69, 9.17) is 0 Å². The Morgan fingerprint density at radius 3 is 2.48 bits per heavy atom. The summed E-state index contributed by atoms with van der Waals surface area (Å²) >= 11 is 0. The first-order valence-electron chi connectivity index (χ1n) is 15.6. The Morgan fingerprint density at radius 2 is 1.86 bits per heavy atom. The van der Waals surface area contributed by atoms with Crippen molar-refractivity contribution in [2.24, 2.45) is 39.9 Å². The van der Waals surface area contributed by atoms with Gasteiger partial charge in [-0.2, -0.15) is 0 Å². The number of hydrogen-bond donors (Lipinski definition) is 2. The summed E-state index contributed by atoms with van der Waals surface area (Å²) in [6, 6.07) is 10.6.